The summed E-state index contributed by atoms with van der Waals surface area (Å²) >= 11 is 0. The van der Waals surface area contributed by atoms with Gasteiger partial charge in [-0.15, -0.1) is 0 Å². The van der Waals surface area contributed by atoms with Crippen molar-refractivity contribution in [2.24, 2.45) is 0 Å². The largest absolute Gasteiger partial charge is 0.309 e. The van der Waals surface area contributed by atoms with Crippen molar-refractivity contribution in [3.05, 3.63) is 194 Å². The average molecular weight is 729 g/mol. The Morgan fingerprint density at radius 3 is 1.21 bits per heavy atom. The summed E-state index contributed by atoms with van der Waals surface area (Å²) in [6.07, 6.45) is 0. The molecule has 0 radical (unpaired) electrons. The fourth-order valence-electron chi connectivity index (χ4n) is 8.97. The minimum atomic E-state index is 0.558. The van der Waals surface area contributed by atoms with Gasteiger partial charge in [0, 0.05) is 43.6 Å². The molecule has 8 aromatic carbocycles. The highest BCUT2D eigenvalue weighted by Crippen LogP contribution is 2.44. The van der Waals surface area contributed by atoms with Crippen LogP contribution in [0.3, 0.4) is 0 Å². The van der Waals surface area contributed by atoms with Gasteiger partial charge in [0.2, 0.25) is 11.9 Å². The molecule has 0 unspecified atom stereocenters. The molecule has 0 aliphatic carbocycles. The van der Waals surface area contributed by atoms with Crippen LogP contribution in [0.1, 0.15) is 0 Å². The van der Waals surface area contributed by atoms with Crippen molar-refractivity contribution in [1.29, 1.82) is 0 Å². The quantitative estimate of drug-likeness (QED) is 0.177. The van der Waals surface area contributed by atoms with E-state index in [0.29, 0.717) is 17.7 Å². The van der Waals surface area contributed by atoms with Crippen molar-refractivity contribution in [2.45, 2.75) is 0 Å². The zero-order valence-corrected chi connectivity index (χ0v) is 30.7. The third-order valence-corrected chi connectivity index (χ3v) is 11.3. The minimum absolute atomic E-state index is 0.558. The second-order valence-electron chi connectivity index (χ2n) is 14.4. The van der Waals surface area contributed by atoms with Gasteiger partial charge in [0.15, 0.2) is 5.82 Å². The number of aromatic nitrogens is 6. The van der Waals surface area contributed by atoms with Crippen LogP contribution in [-0.4, -0.2) is 28.7 Å². The maximum Gasteiger partial charge on any atom is 0.240 e. The van der Waals surface area contributed by atoms with Gasteiger partial charge >= 0.3 is 0 Å². The third-order valence-electron chi connectivity index (χ3n) is 11.3. The van der Waals surface area contributed by atoms with Crippen LogP contribution in [0.5, 0.6) is 0 Å². The monoisotopic (exact) mass is 728 g/mol. The first-order valence-corrected chi connectivity index (χ1v) is 19.2. The van der Waals surface area contributed by atoms with Gasteiger partial charge in [-0.25, -0.2) is 0 Å². The maximum atomic E-state index is 5.37. The number of benzene rings is 8. The molecule has 0 bridgehead atoms. The van der Waals surface area contributed by atoms with Crippen LogP contribution in [-0.2, 0) is 0 Å². The Morgan fingerprint density at radius 1 is 0.281 bits per heavy atom. The van der Waals surface area contributed by atoms with E-state index in [1.807, 2.05) is 18.2 Å². The molecule has 6 heteroatoms. The minimum Gasteiger partial charge on any atom is -0.309 e. The zero-order chi connectivity index (χ0) is 37.5. The third kappa shape index (κ3) is 4.68. The Bertz CT molecular complexity index is 3470. The van der Waals surface area contributed by atoms with Gasteiger partial charge in [-0.1, -0.05) is 146 Å². The fraction of sp³-hybridized carbons (Fsp3) is 0. The molecule has 12 rings (SSSR count). The summed E-state index contributed by atoms with van der Waals surface area (Å²) in [7, 11) is 0. The van der Waals surface area contributed by atoms with Crippen molar-refractivity contribution < 1.29 is 0 Å². The molecular formula is C51H32N6. The smallest absolute Gasteiger partial charge is 0.240 e. The maximum absolute atomic E-state index is 5.37. The van der Waals surface area contributed by atoms with E-state index in [1.54, 1.807) is 0 Å². The van der Waals surface area contributed by atoms with Crippen molar-refractivity contribution >= 4 is 65.4 Å². The van der Waals surface area contributed by atoms with Crippen molar-refractivity contribution in [1.82, 2.24) is 28.7 Å². The predicted octanol–water partition coefficient (Wildman–Crippen LogP) is 12.5. The molecule has 266 valence electrons. The van der Waals surface area contributed by atoms with E-state index in [9.17, 15) is 0 Å². The molecule has 0 aliphatic rings. The van der Waals surface area contributed by atoms with Gasteiger partial charge in [-0.2, -0.15) is 15.0 Å². The molecule has 0 saturated heterocycles. The topological polar surface area (TPSA) is 53.5 Å². The Labute approximate surface area is 327 Å². The first-order valence-electron chi connectivity index (χ1n) is 19.2. The summed E-state index contributed by atoms with van der Waals surface area (Å²) in [5, 5.41) is 7.03. The SMILES string of the molecule is c1ccc(-c2nc(-n3c4ccccc4c4ccccc43)nc(-n3c4ccccc4c4c(-c5cccc6c5c5ccccc5n6-c5ccccc5)cccc43)n2)cc1. The molecule has 0 amide bonds. The lowest BCUT2D eigenvalue weighted by Gasteiger charge is -2.13. The number of fused-ring (bicyclic) bond motifs is 9. The average Bonchev–Trinajstić information content (AvgIpc) is 3.93. The number of rotatable bonds is 5. The van der Waals surface area contributed by atoms with Crippen molar-refractivity contribution in [3.63, 3.8) is 0 Å². The van der Waals surface area contributed by atoms with Crippen LogP contribution in [0.25, 0.3) is 106 Å². The molecule has 0 saturated carbocycles. The molecule has 0 N–H and O–H groups in total. The van der Waals surface area contributed by atoms with E-state index in [2.05, 4.69) is 190 Å². The highest BCUT2D eigenvalue weighted by atomic mass is 15.3. The van der Waals surface area contributed by atoms with E-state index in [4.69, 9.17) is 15.0 Å². The van der Waals surface area contributed by atoms with Crippen LogP contribution in [0.2, 0.25) is 0 Å². The summed E-state index contributed by atoms with van der Waals surface area (Å²) in [6.45, 7) is 0. The van der Waals surface area contributed by atoms with Gasteiger partial charge in [0.25, 0.3) is 0 Å². The molecule has 0 aliphatic heterocycles. The summed E-state index contributed by atoms with van der Waals surface area (Å²) in [5.41, 5.74) is 10.9. The second kappa shape index (κ2) is 12.3. The number of hydrogen-bond acceptors (Lipinski definition) is 3. The molecule has 6 nitrogen and oxygen atoms in total. The van der Waals surface area contributed by atoms with Gasteiger partial charge in [-0.05, 0) is 59.7 Å². The van der Waals surface area contributed by atoms with Crippen LogP contribution < -0.4 is 0 Å². The Hall–Kier alpha value is -7.83. The van der Waals surface area contributed by atoms with Crippen molar-refractivity contribution in [2.75, 3.05) is 0 Å². The molecule has 57 heavy (non-hydrogen) atoms. The molecule has 4 heterocycles. The van der Waals surface area contributed by atoms with E-state index in [-0.39, 0.29) is 0 Å². The number of hydrogen-bond donors (Lipinski definition) is 0. The van der Waals surface area contributed by atoms with Gasteiger partial charge < -0.3 is 4.57 Å². The van der Waals surface area contributed by atoms with Gasteiger partial charge in [-0.3, -0.25) is 9.13 Å². The zero-order valence-electron chi connectivity index (χ0n) is 30.7. The second-order valence-corrected chi connectivity index (χ2v) is 14.4. The molecular weight excluding hydrogens is 697 g/mol. The standard InChI is InChI=1S/C51H32N6/c1-3-17-33(18-4-1)49-52-50(56-41-27-11-7-21-35(41)36-22-8-12-28-42(36)56)54-51(53-49)57-44-30-14-10-24-40(44)48-38(26-16-32-46(48)57)37-25-15-31-45-47(37)39-23-9-13-29-43(39)55(45)34-19-5-2-6-20-34/h1-32H. The first kappa shape index (κ1) is 31.5. The van der Waals surface area contributed by atoms with Crippen LogP contribution in [0.4, 0.5) is 0 Å². The Morgan fingerprint density at radius 2 is 0.667 bits per heavy atom. The normalized spacial score (nSPS) is 11.9. The first-order chi connectivity index (χ1) is 28.3. The van der Waals surface area contributed by atoms with Crippen molar-refractivity contribution in [3.8, 4) is 40.1 Å². The van der Waals surface area contributed by atoms with Gasteiger partial charge in [0.05, 0.1) is 33.1 Å². The predicted molar refractivity (Wildman–Crippen MR) is 234 cm³/mol. The summed E-state index contributed by atoms with van der Waals surface area (Å²) in [5.74, 6) is 1.73. The summed E-state index contributed by atoms with van der Waals surface area (Å²) < 4.78 is 6.77. The van der Waals surface area contributed by atoms with Crippen LogP contribution in [0, 0.1) is 0 Å². The molecule has 0 atom stereocenters. The Balaban J connectivity index is 1.17. The lowest BCUT2D eigenvalue weighted by atomic mass is 9.95. The van der Waals surface area contributed by atoms with E-state index >= 15 is 0 Å². The molecule has 4 aromatic heterocycles. The Kier molecular flexibility index (Phi) is 6.83. The van der Waals surface area contributed by atoms with E-state index < -0.39 is 0 Å². The van der Waals surface area contributed by atoms with E-state index in [1.165, 1.54) is 27.4 Å². The lowest BCUT2D eigenvalue weighted by molar-refractivity contribution is 0.893. The summed E-state index contributed by atoms with van der Waals surface area (Å²) in [4.78, 5) is 15.8. The number of nitrogens with zero attached hydrogens (tertiary/aromatic N) is 6. The van der Waals surface area contributed by atoms with Gasteiger partial charge in [0.1, 0.15) is 0 Å². The summed E-state index contributed by atoms with van der Waals surface area (Å²) in [6, 6.07) is 68.4. The van der Waals surface area contributed by atoms with Crippen LogP contribution in [0.15, 0.2) is 194 Å². The van der Waals surface area contributed by atoms with Crippen LogP contribution >= 0.6 is 0 Å². The highest BCUT2D eigenvalue weighted by molar-refractivity contribution is 6.22. The fourth-order valence-corrected chi connectivity index (χ4v) is 8.97. The molecule has 0 spiro atoms. The molecule has 12 aromatic rings. The number of para-hydroxylation sites is 5. The lowest BCUT2D eigenvalue weighted by Crippen LogP contribution is -2.10. The highest BCUT2D eigenvalue weighted by Gasteiger charge is 2.23. The molecule has 0 fully saturated rings. The van der Waals surface area contributed by atoms with E-state index in [0.717, 1.165) is 60.4 Å².